The molecule has 2 amide bonds. The van der Waals surface area contributed by atoms with Gasteiger partial charge in [-0.25, -0.2) is 0 Å². The molecule has 0 aromatic carbocycles. The third kappa shape index (κ3) is 4.12. The molecule has 1 aliphatic rings. The van der Waals surface area contributed by atoms with E-state index in [1.54, 1.807) is 22.7 Å². The number of hydrogen-bond acceptors (Lipinski definition) is 4. The standard InChI is InChI=1S/C19H24N2O2S2/c1-3-21(4-2)19(23)17-11-14-10-13(7-8-16(14)25-17)18(22)20-12-15-6-5-9-24-15/h5-6,9,11,13H,3-4,7-8,10,12H2,1-2H3,(H,20,22)/t13-/m1/s1. The van der Waals surface area contributed by atoms with Crippen LogP contribution >= 0.6 is 22.7 Å². The average molecular weight is 377 g/mol. The molecule has 4 nitrogen and oxygen atoms in total. The van der Waals surface area contributed by atoms with E-state index in [9.17, 15) is 9.59 Å². The Balaban J connectivity index is 1.63. The van der Waals surface area contributed by atoms with Gasteiger partial charge in [0.15, 0.2) is 0 Å². The molecule has 25 heavy (non-hydrogen) atoms. The Hall–Kier alpha value is -1.66. The molecular weight excluding hydrogens is 352 g/mol. The highest BCUT2D eigenvalue weighted by atomic mass is 32.1. The highest BCUT2D eigenvalue weighted by Gasteiger charge is 2.28. The van der Waals surface area contributed by atoms with Gasteiger partial charge >= 0.3 is 0 Å². The first-order chi connectivity index (χ1) is 12.1. The maximum atomic E-state index is 12.5. The molecule has 6 heteroatoms. The fourth-order valence-electron chi connectivity index (χ4n) is 3.25. The van der Waals surface area contributed by atoms with Gasteiger partial charge in [0.2, 0.25) is 5.91 Å². The van der Waals surface area contributed by atoms with Crippen molar-refractivity contribution in [2.75, 3.05) is 13.1 Å². The van der Waals surface area contributed by atoms with Crippen LogP contribution < -0.4 is 5.32 Å². The third-order valence-corrected chi connectivity index (χ3v) is 6.83. The summed E-state index contributed by atoms with van der Waals surface area (Å²) in [6.45, 7) is 6.07. The lowest BCUT2D eigenvalue weighted by molar-refractivity contribution is -0.125. The molecule has 0 saturated carbocycles. The van der Waals surface area contributed by atoms with E-state index in [1.165, 1.54) is 15.3 Å². The molecule has 134 valence electrons. The van der Waals surface area contributed by atoms with E-state index in [-0.39, 0.29) is 17.7 Å². The van der Waals surface area contributed by atoms with Crippen LogP contribution in [0.15, 0.2) is 23.6 Å². The van der Waals surface area contributed by atoms with Gasteiger partial charge in [-0.1, -0.05) is 6.07 Å². The minimum absolute atomic E-state index is 0.0125. The molecule has 0 aliphatic heterocycles. The second-order valence-electron chi connectivity index (χ2n) is 6.27. The van der Waals surface area contributed by atoms with Gasteiger partial charge in [0.05, 0.1) is 11.4 Å². The predicted octanol–water partition coefficient (Wildman–Crippen LogP) is 3.71. The van der Waals surface area contributed by atoms with E-state index < -0.39 is 0 Å². The molecule has 0 spiro atoms. The minimum Gasteiger partial charge on any atom is -0.351 e. The van der Waals surface area contributed by atoms with Crippen LogP contribution in [-0.2, 0) is 24.2 Å². The molecule has 3 rings (SSSR count). The third-order valence-electron chi connectivity index (χ3n) is 4.73. The van der Waals surface area contributed by atoms with Crippen LogP contribution in [0.4, 0.5) is 0 Å². The fraction of sp³-hybridized carbons (Fsp3) is 0.474. The van der Waals surface area contributed by atoms with Crippen molar-refractivity contribution in [1.82, 2.24) is 10.2 Å². The maximum absolute atomic E-state index is 12.5. The SMILES string of the molecule is CCN(CC)C(=O)c1cc2c(s1)CC[C@@H](C(=O)NCc1cccs1)C2. The topological polar surface area (TPSA) is 49.4 Å². The van der Waals surface area contributed by atoms with Crippen LogP contribution in [0.2, 0.25) is 0 Å². The molecule has 0 unspecified atom stereocenters. The van der Waals surface area contributed by atoms with Crippen LogP contribution in [0.5, 0.6) is 0 Å². The summed E-state index contributed by atoms with van der Waals surface area (Å²) in [5.41, 5.74) is 1.18. The second-order valence-corrected chi connectivity index (χ2v) is 8.44. The van der Waals surface area contributed by atoms with Crippen molar-refractivity contribution >= 4 is 34.5 Å². The van der Waals surface area contributed by atoms with Gasteiger partial charge in [-0.05, 0) is 56.2 Å². The minimum atomic E-state index is 0.0125. The van der Waals surface area contributed by atoms with E-state index in [4.69, 9.17) is 0 Å². The molecule has 1 N–H and O–H groups in total. The Morgan fingerprint density at radius 1 is 1.32 bits per heavy atom. The van der Waals surface area contributed by atoms with Gasteiger partial charge in [0, 0.05) is 28.8 Å². The normalized spacial score (nSPS) is 16.3. The Labute approximate surface area is 156 Å². The van der Waals surface area contributed by atoms with Gasteiger partial charge < -0.3 is 10.2 Å². The van der Waals surface area contributed by atoms with Crippen LogP contribution in [0.1, 0.15) is 45.3 Å². The lowest BCUT2D eigenvalue weighted by Gasteiger charge is -2.21. The number of fused-ring (bicyclic) bond motifs is 1. The van der Waals surface area contributed by atoms with E-state index in [2.05, 4.69) is 5.32 Å². The number of nitrogens with one attached hydrogen (secondary N) is 1. The highest BCUT2D eigenvalue weighted by molar-refractivity contribution is 7.14. The van der Waals surface area contributed by atoms with Gasteiger partial charge in [-0.2, -0.15) is 0 Å². The van der Waals surface area contributed by atoms with Crippen LogP contribution in [0.25, 0.3) is 0 Å². The lowest BCUT2D eigenvalue weighted by atomic mass is 9.87. The van der Waals surface area contributed by atoms with E-state index >= 15 is 0 Å². The molecule has 0 fully saturated rings. The summed E-state index contributed by atoms with van der Waals surface area (Å²) in [5.74, 6) is 0.253. The Morgan fingerprint density at radius 2 is 2.12 bits per heavy atom. The molecule has 0 saturated heterocycles. The Morgan fingerprint density at radius 3 is 2.80 bits per heavy atom. The first kappa shape index (κ1) is 18.1. The number of nitrogens with zero attached hydrogens (tertiary/aromatic N) is 1. The monoisotopic (exact) mass is 376 g/mol. The summed E-state index contributed by atoms with van der Waals surface area (Å²) in [6.07, 6.45) is 2.50. The summed E-state index contributed by atoms with van der Waals surface area (Å²) in [5, 5.41) is 5.07. The molecule has 2 heterocycles. The second kappa shape index (κ2) is 8.15. The Kier molecular flexibility index (Phi) is 5.91. The Bertz CT molecular complexity index is 733. The summed E-state index contributed by atoms with van der Waals surface area (Å²) in [7, 11) is 0. The molecule has 2 aromatic heterocycles. The summed E-state index contributed by atoms with van der Waals surface area (Å²) in [6, 6.07) is 6.05. The number of aryl methyl sites for hydroxylation is 1. The first-order valence-electron chi connectivity index (χ1n) is 8.83. The van der Waals surface area contributed by atoms with Crippen molar-refractivity contribution in [3.8, 4) is 0 Å². The van der Waals surface area contributed by atoms with E-state index in [0.29, 0.717) is 6.54 Å². The number of thiophene rings is 2. The van der Waals surface area contributed by atoms with E-state index in [0.717, 1.165) is 37.2 Å². The van der Waals surface area contributed by atoms with Crippen molar-refractivity contribution in [1.29, 1.82) is 0 Å². The average Bonchev–Trinajstić information content (AvgIpc) is 3.29. The fourth-order valence-corrected chi connectivity index (χ4v) is 5.07. The molecule has 1 aliphatic carbocycles. The van der Waals surface area contributed by atoms with Crippen molar-refractivity contribution in [2.45, 2.75) is 39.7 Å². The summed E-state index contributed by atoms with van der Waals surface area (Å²) in [4.78, 5) is 30.1. The van der Waals surface area contributed by atoms with Gasteiger partial charge in [0.1, 0.15) is 0 Å². The highest BCUT2D eigenvalue weighted by Crippen LogP contribution is 2.33. The number of carbonyl (C=O) groups excluding carboxylic acids is 2. The predicted molar refractivity (Wildman–Crippen MR) is 103 cm³/mol. The van der Waals surface area contributed by atoms with Crippen molar-refractivity contribution in [3.63, 3.8) is 0 Å². The first-order valence-corrected chi connectivity index (χ1v) is 10.5. The van der Waals surface area contributed by atoms with Crippen molar-refractivity contribution < 1.29 is 9.59 Å². The molecule has 2 aromatic rings. The van der Waals surface area contributed by atoms with Crippen LogP contribution in [0.3, 0.4) is 0 Å². The quantitative estimate of drug-likeness (QED) is 0.835. The molecule has 1 atom stereocenters. The molecule has 0 radical (unpaired) electrons. The van der Waals surface area contributed by atoms with Crippen molar-refractivity contribution in [3.05, 3.63) is 43.8 Å². The summed E-state index contributed by atoms with van der Waals surface area (Å²) >= 11 is 3.26. The van der Waals surface area contributed by atoms with Gasteiger partial charge in [-0.15, -0.1) is 22.7 Å². The van der Waals surface area contributed by atoms with Crippen LogP contribution in [0, 0.1) is 5.92 Å². The van der Waals surface area contributed by atoms with Gasteiger partial charge in [0.25, 0.3) is 5.91 Å². The molecular formula is C19H24N2O2S2. The van der Waals surface area contributed by atoms with Crippen molar-refractivity contribution in [2.24, 2.45) is 5.92 Å². The zero-order valence-corrected chi connectivity index (χ0v) is 16.3. The zero-order chi connectivity index (χ0) is 17.8. The maximum Gasteiger partial charge on any atom is 0.263 e. The van der Waals surface area contributed by atoms with Crippen LogP contribution in [-0.4, -0.2) is 29.8 Å². The summed E-state index contributed by atoms with van der Waals surface area (Å²) < 4.78 is 0. The van der Waals surface area contributed by atoms with E-state index in [1.807, 2.05) is 42.3 Å². The lowest BCUT2D eigenvalue weighted by Crippen LogP contribution is -2.33. The number of amides is 2. The largest absolute Gasteiger partial charge is 0.351 e. The number of hydrogen-bond donors (Lipinski definition) is 1. The zero-order valence-electron chi connectivity index (χ0n) is 14.7. The number of rotatable bonds is 6. The number of carbonyl (C=O) groups is 2. The smallest absolute Gasteiger partial charge is 0.263 e. The van der Waals surface area contributed by atoms with Gasteiger partial charge in [-0.3, -0.25) is 9.59 Å². The molecule has 0 bridgehead atoms.